The number of nitrogens with zero attached hydrogens (tertiary/aromatic N) is 1. The van der Waals surface area contributed by atoms with Gasteiger partial charge in [0.05, 0.1) is 5.69 Å². The van der Waals surface area contributed by atoms with E-state index in [0.29, 0.717) is 35.1 Å². The largest absolute Gasteiger partial charge is 0.453 e. The second-order valence-electron chi connectivity index (χ2n) is 5.54. The van der Waals surface area contributed by atoms with Crippen molar-refractivity contribution in [2.75, 3.05) is 18.7 Å². The molecule has 4 rings (SSSR count). The number of hydrogen-bond donors (Lipinski definition) is 3. The van der Waals surface area contributed by atoms with Crippen molar-refractivity contribution < 1.29 is 14.3 Å². The molecule has 7 nitrogen and oxygen atoms in total. The lowest BCUT2D eigenvalue weighted by molar-refractivity contribution is 0.102. The van der Waals surface area contributed by atoms with Gasteiger partial charge in [-0.25, -0.2) is 0 Å². The summed E-state index contributed by atoms with van der Waals surface area (Å²) in [7, 11) is 0. The van der Waals surface area contributed by atoms with Crippen LogP contribution in [0.15, 0.2) is 54.5 Å². The molecule has 0 fully saturated rings. The van der Waals surface area contributed by atoms with Crippen LogP contribution in [0.4, 0.5) is 5.69 Å². The van der Waals surface area contributed by atoms with Gasteiger partial charge in [-0.05, 0) is 36.5 Å². The lowest BCUT2D eigenvalue weighted by Gasteiger charge is -2.17. The molecule has 2 aromatic rings. The number of dihydropyridines is 1. The minimum Gasteiger partial charge on any atom is -0.453 e. The maximum Gasteiger partial charge on any atom is 0.274 e. The van der Waals surface area contributed by atoms with E-state index in [-0.39, 0.29) is 12.7 Å². The van der Waals surface area contributed by atoms with Gasteiger partial charge in [0.15, 0.2) is 11.5 Å². The fourth-order valence-electron chi connectivity index (χ4n) is 2.78. The van der Waals surface area contributed by atoms with Gasteiger partial charge in [0, 0.05) is 29.6 Å². The standard InChI is InChI=1S/C18H16N4O3/c19-13-6-8-20-9-12(13)11-4-5-14(17-16(11)24-10-25-17)22-18(23)15-3-1-2-7-21-15/h1-8,20H,9-10,19H2,(H,22,23). The molecule has 0 radical (unpaired) electrons. The number of amides is 1. The van der Waals surface area contributed by atoms with Gasteiger partial charge in [-0.3, -0.25) is 9.78 Å². The molecule has 0 aliphatic carbocycles. The predicted molar refractivity (Wildman–Crippen MR) is 93.0 cm³/mol. The first-order chi connectivity index (χ1) is 12.2. The highest BCUT2D eigenvalue weighted by atomic mass is 16.7. The summed E-state index contributed by atoms with van der Waals surface area (Å²) < 4.78 is 11.2. The van der Waals surface area contributed by atoms with Crippen LogP contribution in [0.25, 0.3) is 5.57 Å². The number of fused-ring (bicyclic) bond motifs is 1. The van der Waals surface area contributed by atoms with Crippen LogP contribution in [0.1, 0.15) is 16.1 Å². The van der Waals surface area contributed by atoms with Crippen molar-refractivity contribution in [2.45, 2.75) is 0 Å². The van der Waals surface area contributed by atoms with Crippen LogP contribution < -0.4 is 25.8 Å². The molecule has 0 saturated carbocycles. The number of carbonyl (C=O) groups excluding carboxylic acids is 1. The first-order valence-electron chi connectivity index (χ1n) is 7.78. The molecule has 1 amide bonds. The van der Waals surface area contributed by atoms with E-state index in [4.69, 9.17) is 15.2 Å². The number of rotatable bonds is 3. The minimum atomic E-state index is -0.313. The maximum absolute atomic E-state index is 12.3. The molecular formula is C18H16N4O3. The maximum atomic E-state index is 12.3. The molecular weight excluding hydrogens is 320 g/mol. The number of nitrogens with two attached hydrogens (primary N) is 1. The van der Waals surface area contributed by atoms with Gasteiger partial charge in [0.25, 0.3) is 5.91 Å². The summed E-state index contributed by atoms with van der Waals surface area (Å²) >= 11 is 0. The van der Waals surface area contributed by atoms with Gasteiger partial charge in [-0.2, -0.15) is 0 Å². The van der Waals surface area contributed by atoms with Gasteiger partial charge >= 0.3 is 0 Å². The molecule has 25 heavy (non-hydrogen) atoms. The van der Waals surface area contributed by atoms with Crippen LogP contribution >= 0.6 is 0 Å². The molecule has 0 atom stereocenters. The first kappa shape index (κ1) is 15.1. The van der Waals surface area contributed by atoms with Crippen LogP contribution in [0.5, 0.6) is 11.5 Å². The van der Waals surface area contributed by atoms with Gasteiger partial charge < -0.3 is 25.8 Å². The van der Waals surface area contributed by atoms with Crippen molar-refractivity contribution in [3.05, 3.63) is 65.8 Å². The van der Waals surface area contributed by atoms with E-state index in [1.54, 1.807) is 42.7 Å². The van der Waals surface area contributed by atoms with E-state index < -0.39 is 0 Å². The molecule has 1 aromatic heterocycles. The summed E-state index contributed by atoms with van der Waals surface area (Å²) in [6.45, 7) is 0.688. The lowest BCUT2D eigenvalue weighted by atomic mass is 10.00. The average Bonchev–Trinajstić information content (AvgIpc) is 3.14. The number of carbonyl (C=O) groups is 1. The zero-order chi connectivity index (χ0) is 17.2. The van der Waals surface area contributed by atoms with Gasteiger partial charge in [-0.1, -0.05) is 6.07 Å². The molecule has 2 aliphatic rings. The highest BCUT2D eigenvalue weighted by Gasteiger charge is 2.26. The van der Waals surface area contributed by atoms with Crippen LogP contribution in [0, 0.1) is 0 Å². The quantitative estimate of drug-likeness (QED) is 0.791. The molecule has 2 aliphatic heterocycles. The summed E-state index contributed by atoms with van der Waals surface area (Å²) in [6, 6.07) is 8.80. The number of anilines is 1. The molecule has 1 aromatic carbocycles. The Morgan fingerprint density at radius 3 is 2.88 bits per heavy atom. The Morgan fingerprint density at radius 2 is 2.08 bits per heavy atom. The second kappa shape index (κ2) is 6.20. The Kier molecular flexibility index (Phi) is 3.74. The van der Waals surface area contributed by atoms with E-state index in [2.05, 4.69) is 15.6 Å². The SMILES string of the molecule is NC1=C(c2ccc(NC(=O)c3ccccn3)c3c2OCO3)CNC=C1. The highest BCUT2D eigenvalue weighted by molar-refractivity contribution is 6.04. The second-order valence-corrected chi connectivity index (χ2v) is 5.54. The Labute approximate surface area is 144 Å². The van der Waals surface area contributed by atoms with Gasteiger partial charge in [0.2, 0.25) is 6.79 Å². The van der Waals surface area contributed by atoms with Crippen molar-refractivity contribution in [3.8, 4) is 11.5 Å². The third-order valence-electron chi connectivity index (χ3n) is 4.00. The van der Waals surface area contributed by atoms with E-state index in [9.17, 15) is 4.79 Å². The van der Waals surface area contributed by atoms with E-state index in [0.717, 1.165) is 11.1 Å². The number of allylic oxidation sites excluding steroid dienone is 1. The molecule has 3 heterocycles. The summed E-state index contributed by atoms with van der Waals surface area (Å²) in [5.41, 5.74) is 9.37. The van der Waals surface area contributed by atoms with E-state index in [1.165, 1.54) is 0 Å². The lowest BCUT2D eigenvalue weighted by Crippen LogP contribution is -2.18. The van der Waals surface area contributed by atoms with Crippen molar-refractivity contribution in [1.82, 2.24) is 10.3 Å². The fraction of sp³-hybridized carbons (Fsp3) is 0.111. The zero-order valence-corrected chi connectivity index (χ0v) is 13.3. The Hall–Kier alpha value is -3.48. The molecule has 0 spiro atoms. The number of nitrogens with one attached hydrogen (secondary N) is 2. The summed E-state index contributed by atoms with van der Waals surface area (Å²) in [4.78, 5) is 16.4. The summed E-state index contributed by atoms with van der Waals surface area (Å²) in [5.74, 6) is 0.762. The average molecular weight is 336 g/mol. The summed E-state index contributed by atoms with van der Waals surface area (Å²) in [6.07, 6.45) is 5.18. The van der Waals surface area contributed by atoms with Crippen LogP contribution in [0.3, 0.4) is 0 Å². The molecule has 7 heteroatoms. The van der Waals surface area contributed by atoms with Crippen molar-refractivity contribution in [1.29, 1.82) is 0 Å². The predicted octanol–water partition coefficient (Wildman–Crippen LogP) is 1.85. The van der Waals surface area contributed by atoms with Gasteiger partial charge in [-0.15, -0.1) is 0 Å². The van der Waals surface area contributed by atoms with Crippen molar-refractivity contribution in [3.63, 3.8) is 0 Å². The monoisotopic (exact) mass is 336 g/mol. The Balaban J connectivity index is 1.69. The third kappa shape index (κ3) is 2.76. The minimum absolute atomic E-state index is 0.0925. The highest BCUT2D eigenvalue weighted by Crippen LogP contribution is 2.45. The van der Waals surface area contributed by atoms with Crippen LogP contribution in [0.2, 0.25) is 0 Å². The summed E-state index contributed by atoms with van der Waals surface area (Å²) in [5, 5.41) is 5.95. The third-order valence-corrected chi connectivity index (χ3v) is 4.00. The number of pyridine rings is 1. The number of benzene rings is 1. The van der Waals surface area contributed by atoms with Crippen molar-refractivity contribution >= 4 is 17.2 Å². The van der Waals surface area contributed by atoms with Crippen molar-refractivity contribution in [2.24, 2.45) is 5.73 Å². The smallest absolute Gasteiger partial charge is 0.274 e. The van der Waals surface area contributed by atoms with Crippen LogP contribution in [-0.4, -0.2) is 24.2 Å². The van der Waals surface area contributed by atoms with Gasteiger partial charge in [0.1, 0.15) is 5.69 Å². The number of ether oxygens (including phenoxy) is 2. The Bertz CT molecular complexity index is 891. The molecule has 4 N–H and O–H groups in total. The number of hydrogen-bond acceptors (Lipinski definition) is 6. The zero-order valence-electron chi connectivity index (χ0n) is 13.3. The van der Waals surface area contributed by atoms with Crippen LogP contribution in [-0.2, 0) is 0 Å². The first-order valence-corrected chi connectivity index (χ1v) is 7.78. The molecule has 0 bridgehead atoms. The van der Waals surface area contributed by atoms with E-state index >= 15 is 0 Å². The fourth-order valence-corrected chi connectivity index (χ4v) is 2.78. The molecule has 126 valence electrons. The normalized spacial score (nSPS) is 15.0. The topological polar surface area (TPSA) is 98.5 Å². The molecule has 0 unspecified atom stereocenters. The van der Waals surface area contributed by atoms with E-state index in [1.807, 2.05) is 6.07 Å². The number of aromatic nitrogens is 1. The Morgan fingerprint density at radius 1 is 1.20 bits per heavy atom. The molecule has 0 saturated heterocycles.